The van der Waals surface area contributed by atoms with Crippen LogP contribution in [0.2, 0.25) is 0 Å². The summed E-state index contributed by atoms with van der Waals surface area (Å²) in [6, 6.07) is 17.8. The molecule has 1 saturated heterocycles. The van der Waals surface area contributed by atoms with Gasteiger partial charge in [-0.3, -0.25) is 14.2 Å². The number of likely N-dealkylation sites (tertiary alicyclic amines) is 1. The standard InChI is InChI=1S/C29H33N3O4/c33-25(19-32-23-10-4-5-11-24(23)36-27(32)35)31-16-14-28(15-17-31)18-22(28)26(34)30-20-29(12-6-7-13-29)21-8-2-1-3-9-21/h1-5,8-11,22H,6-7,12-20H2,(H,30,34)/t22-/m1/s1. The van der Waals surface area contributed by atoms with Crippen molar-refractivity contribution in [2.45, 2.75) is 56.9 Å². The Hall–Kier alpha value is -3.35. The van der Waals surface area contributed by atoms with E-state index in [1.807, 2.05) is 17.0 Å². The Morgan fingerprint density at radius 3 is 2.39 bits per heavy atom. The number of nitrogens with one attached hydrogen (secondary N) is 1. The molecule has 1 aromatic heterocycles. The number of hydrogen-bond acceptors (Lipinski definition) is 4. The van der Waals surface area contributed by atoms with Gasteiger partial charge in [0.05, 0.1) is 5.52 Å². The summed E-state index contributed by atoms with van der Waals surface area (Å²) in [5.74, 6) is -0.364. The zero-order valence-corrected chi connectivity index (χ0v) is 20.6. The van der Waals surface area contributed by atoms with Crippen molar-refractivity contribution in [2.24, 2.45) is 11.3 Å². The average molecular weight is 488 g/mol. The lowest BCUT2D eigenvalue weighted by molar-refractivity contribution is -0.133. The van der Waals surface area contributed by atoms with E-state index in [-0.39, 0.29) is 35.1 Å². The van der Waals surface area contributed by atoms with Crippen LogP contribution in [0.1, 0.15) is 50.5 Å². The number of rotatable bonds is 6. The summed E-state index contributed by atoms with van der Waals surface area (Å²) in [6.07, 6.45) is 7.25. The van der Waals surface area contributed by atoms with E-state index in [4.69, 9.17) is 4.42 Å². The van der Waals surface area contributed by atoms with Gasteiger partial charge in [0, 0.05) is 31.0 Å². The van der Waals surface area contributed by atoms with E-state index in [1.165, 1.54) is 23.0 Å². The maximum atomic E-state index is 13.2. The average Bonchev–Trinajstić information content (AvgIpc) is 3.23. The van der Waals surface area contributed by atoms with Gasteiger partial charge in [0.2, 0.25) is 11.8 Å². The zero-order chi connectivity index (χ0) is 24.8. The van der Waals surface area contributed by atoms with Gasteiger partial charge < -0.3 is 14.6 Å². The molecule has 1 aliphatic heterocycles. The number of piperidine rings is 1. The van der Waals surface area contributed by atoms with Gasteiger partial charge in [-0.2, -0.15) is 0 Å². The van der Waals surface area contributed by atoms with Gasteiger partial charge in [-0.15, -0.1) is 0 Å². The highest BCUT2D eigenvalue weighted by Gasteiger charge is 2.58. The van der Waals surface area contributed by atoms with Gasteiger partial charge >= 0.3 is 5.76 Å². The molecule has 3 aliphatic rings. The molecule has 1 atom stereocenters. The lowest BCUT2D eigenvalue weighted by atomic mass is 9.78. The summed E-state index contributed by atoms with van der Waals surface area (Å²) >= 11 is 0. The summed E-state index contributed by atoms with van der Waals surface area (Å²) in [6.45, 7) is 1.94. The highest BCUT2D eigenvalue weighted by atomic mass is 16.4. The zero-order valence-electron chi connectivity index (χ0n) is 20.6. The summed E-state index contributed by atoms with van der Waals surface area (Å²) < 4.78 is 6.66. The molecule has 188 valence electrons. The van der Waals surface area contributed by atoms with E-state index < -0.39 is 5.76 Å². The smallest absolute Gasteiger partial charge is 0.408 e. The first-order valence-electron chi connectivity index (χ1n) is 13.2. The Morgan fingerprint density at radius 1 is 0.944 bits per heavy atom. The van der Waals surface area contributed by atoms with E-state index in [0.29, 0.717) is 30.7 Å². The molecule has 0 bridgehead atoms. The van der Waals surface area contributed by atoms with Gasteiger partial charge in [-0.1, -0.05) is 55.3 Å². The minimum Gasteiger partial charge on any atom is -0.408 e. The van der Waals surface area contributed by atoms with Crippen LogP contribution in [-0.2, 0) is 21.5 Å². The molecule has 6 rings (SSSR count). The third kappa shape index (κ3) is 4.04. The number of amides is 2. The molecule has 1 N–H and O–H groups in total. The molecule has 0 radical (unpaired) electrons. The Bertz CT molecular complexity index is 1330. The van der Waals surface area contributed by atoms with Crippen LogP contribution in [0.5, 0.6) is 0 Å². The molecule has 2 saturated carbocycles. The number of nitrogens with zero attached hydrogens (tertiary/aromatic N) is 2. The first-order valence-corrected chi connectivity index (χ1v) is 13.2. The van der Waals surface area contributed by atoms with E-state index in [9.17, 15) is 14.4 Å². The van der Waals surface area contributed by atoms with Crippen LogP contribution in [-0.4, -0.2) is 40.9 Å². The number of para-hydroxylation sites is 2. The molecular weight excluding hydrogens is 454 g/mol. The van der Waals surface area contributed by atoms with Gasteiger partial charge in [-0.25, -0.2) is 4.79 Å². The Labute approximate surface area is 210 Å². The Balaban J connectivity index is 1.04. The van der Waals surface area contributed by atoms with Crippen LogP contribution < -0.4 is 11.1 Å². The minimum absolute atomic E-state index is 0.0195. The van der Waals surface area contributed by atoms with Crippen molar-refractivity contribution in [3.63, 3.8) is 0 Å². The normalized spacial score (nSPS) is 22.1. The lowest BCUT2D eigenvalue weighted by Gasteiger charge is -2.33. The van der Waals surface area contributed by atoms with Crippen LogP contribution in [0.25, 0.3) is 11.1 Å². The summed E-state index contributed by atoms with van der Waals surface area (Å²) in [7, 11) is 0. The van der Waals surface area contributed by atoms with E-state index in [0.717, 1.165) is 32.1 Å². The van der Waals surface area contributed by atoms with Crippen molar-refractivity contribution < 1.29 is 14.0 Å². The van der Waals surface area contributed by atoms with E-state index in [2.05, 4.69) is 29.6 Å². The Morgan fingerprint density at radius 2 is 1.64 bits per heavy atom. The van der Waals surface area contributed by atoms with Crippen molar-refractivity contribution in [3.05, 3.63) is 70.7 Å². The minimum atomic E-state index is -0.507. The third-order valence-electron chi connectivity index (χ3n) is 9.03. The predicted octanol–water partition coefficient (Wildman–Crippen LogP) is 3.85. The number of carbonyl (C=O) groups excluding carboxylic acids is 2. The Kier molecular flexibility index (Phi) is 5.73. The molecule has 3 aromatic rings. The van der Waals surface area contributed by atoms with Gasteiger partial charge in [0.1, 0.15) is 6.54 Å². The summed E-state index contributed by atoms with van der Waals surface area (Å²) in [5, 5.41) is 3.32. The van der Waals surface area contributed by atoms with Crippen molar-refractivity contribution in [1.29, 1.82) is 0 Å². The quantitative estimate of drug-likeness (QED) is 0.572. The SMILES string of the molecule is O=C(NCC1(c2ccccc2)CCCC1)[C@H]1CC12CCN(C(=O)Cn1c(=O)oc3ccccc31)CC2. The second-order valence-corrected chi connectivity index (χ2v) is 11.0. The topological polar surface area (TPSA) is 84.5 Å². The number of benzene rings is 2. The molecular formula is C29H33N3O4. The molecule has 36 heavy (non-hydrogen) atoms. The van der Waals surface area contributed by atoms with Crippen LogP contribution in [0, 0.1) is 11.3 Å². The van der Waals surface area contributed by atoms with Crippen LogP contribution in [0.4, 0.5) is 0 Å². The van der Waals surface area contributed by atoms with Gasteiger partial charge in [-0.05, 0) is 55.2 Å². The van der Waals surface area contributed by atoms with Crippen molar-refractivity contribution in [3.8, 4) is 0 Å². The number of oxazole rings is 1. The van der Waals surface area contributed by atoms with Crippen molar-refractivity contribution in [2.75, 3.05) is 19.6 Å². The van der Waals surface area contributed by atoms with E-state index >= 15 is 0 Å². The van der Waals surface area contributed by atoms with Gasteiger partial charge in [0.15, 0.2) is 5.58 Å². The van der Waals surface area contributed by atoms with Crippen LogP contribution >= 0.6 is 0 Å². The first-order chi connectivity index (χ1) is 17.5. The number of carbonyl (C=O) groups is 2. The van der Waals surface area contributed by atoms with E-state index in [1.54, 1.807) is 18.2 Å². The highest BCUT2D eigenvalue weighted by molar-refractivity contribution is 5.83. The lowest BCUT2D eigenvalue weighted by Crippen LogP contribution is -2.43. The van der Waals surface area contributed by atoms with Crippen molar-refractivity contribution >= 4 is 22.9 Å². The molecule has 2 aromatic carbocycles. The molecule has 2 aliphatic carbocycles. The molecule has 3 fully saturated rings. The molecule has 7 nitrogen and oxygen atoms in total. The summed E-state index contributed by atoms with van der Waals surface area (Å²) in [4.78, 5) is 40.2. The largest absolute Gasteiger partial charge is 0.420 e. The second-order valence-electron chi connectivity index (χ2n) is 11.0. The monoisotopic (exact) mass is 487 g/mol. The van der Waals surface area contributed by atoms with Crippen LogP contribution in [0.3, 0.4) is 0 Å². The fourth-order valence-electron chi connectivity index (χ4n) is 6.66. The number of aromatic nitrogens is 1. The molecule has 2 amide bonds. The predicted molar refractivity (Wildman–Crippen MR) is 136 cm³/mol. The molecule has 2 heterocycles. The summed E-state index contributed by atoms with van der Waals surface area (Å²) in [5.41, 5.74) is 2.55. The second kappa shape index (κ2) is 8.95. The van der Waals surface area contributed by atoms with Crippen LogP contribution in [0.15, 0.2) is 63.8 Å². The van der Waals surface area contributed by atoms with Crippen molar-refractivity contribution in [1.82, 2.24) is 14.8 Å². The maximum absolute atomic E-state index is 13.2. The fraction of sp³-hybridized carbons (Fsp3) is 0.483. The molecule has 0 unspecified atom stereocenters. The molecule has 1 spiro atoms. The van der Waals surface area contributed by atoms with Gasteiger partial charge in [0.25, 0.3) is 0 Å². The number of fused-ring (bicyclic) bond motifs is 1. The number of hydrogen-bond donors (Lipinski definition) is 1. The fourth-order valence-corrected chi connectivity index (χ4v) is 6.66. The molecule has 7 heteroatoms. The third-order valence-corrected chi connectivity index (χ3v) is 9.03. The first kappa shape index (κ1) is 23.1. The maximum Gasteiger partial charge on any atom is 0.420 e. The highest BCUT2D eigenvalue weighted by Crippen LogP contribution is 2.59.